The molecule has 0 aromatic heterocycles. The molecule has 0 saturated heterocycles. The average Bonchev–Trinajstić information content (AvgIpc) is 3.05. The standard InChI is InChI=1S/C40H77NO8/c1-6-8-10-12-14-16-18-20-22-24-26-28-30-37(42)47-34-36(35-48-40(39(44)45)46-33-32-41(3,4)5)49-38(43)31-29-27-25-23-21-19-17-15-13-11-9-7-2/h36,40H,6-35H2,1-5H3. The van der Waals surface area contributed by atoms with E-state index in [-0.39, 0.29) is 32.2 Å². The van der Waals surface area contributed by atoms with Crippen LogP contribution in [0.15, 0.2) is 0 Å². The number of hydrogen-bond donors (Lipinski definition) is 0. The van der Waals surface area contributed by atoms with Crippen LogP contribution in [0, 0.1) is 0 Å². The number of carbonyl (C=O) groups excluding carboxylic acids is 3. The number of esters is 2. The van der Waals surface area contributed by atoms with Crippen molar-refractivity contribution in [3.63, 3.8) is 0 Å². The Morgan fingerprint density at radius 1 is 0.531 bits per heavy atom. The zero-order valence-electron chi connectivity index (χ0n) is 32.6. The maximum atomic E-state index is 12.7. The lowest BCUT2D eigenvalue weighted by molar-refractivity contribution is -0.870. The summed E-state index contributed by atoms with van der Waals surface area (Å²) >= 11 is 0. The molecule has 9 nitrogen and oxygen atoms in total. The molecule has 0 bridgehead atoms. The highest BCUT2D eigenvalue weighted by atomic mass is 16.7. The Morgan fingerprint density at radius 3 is 1.31 bits per heavy atom. The van der Waals surface area contributed by atoms with E-state index in [2.05, 4.69) is 13.8 Å². The molecule has 290 valence electrons. The van der Waals surface area contributed by atoms with Crippen LogP contribution in [0.1, 0.15) is 181 Å². The lowest BCUT2D eigenvalue weighted by Crippen LogP contribution is -2.44. The van der Waals surface area contributed by atoms with Gasteiger partial charge < -0.3 is 33.3 Å². The SMILES string of the molecule is CCCCCCCCCCCCCCC(=O)OCC(COC(OCC[N+](C)(C)C)C(=O)[O-])OC(=O)CCCCCCCCCCCCCC. The molecule has 0 N–H and O–H groups in total. The number of unbranched alkanes of at least 4 members (excludes halogenated alkanes) is 22. The van der Waals surface area contributed by atoms with Gasteiger partial charge in [-0.05, 0) is 12.8 Å². The number of carbonyl (C=O) groups is 3. The zero-order chi connectivity index (χ0) is 36.4. The Kier molecular flexibility index (Phi) is 32.3. The Morgan fingerprint density at radius 2 is 0.918 bits per heavy atom. The minimum absolute atomic E-state index is 0.152. The van der Waals surface area contributed by atoms with Crippen LogP contribution in [0.5, 0.6) is 0 Å². The molecule has 0 aliphatic carbocycles. The van der Waals surface area contributed by atoms with Crippen LogP contribution in [0.4, 0.5) is 0 Å². The molecule has 0 spiro atoms. The number of nitrogens with zero attached hydrogens (tertiary/aromatic N) is 1. The van der Waals surface area contributed by atoms with E-state index < -0.39 is 24.3 Å². The molecular weight excluding hydrogens is 622 g/mol. The van der Waals surface area contributed by atoms with E-state index in [4.69, 9.17) is 18.9 Å². The molecule has 0 aliphatic heterocycles. The van der Waals surface area contributed by atoms with E-state index in [1.807, 2.05) is 21.1 Å². The van der Waals surface area contributed by atoms with Crippen molar-refractivity contribution in [1.29, 1.82) is 0 Å². The smallest absolute Gasteiger partial charge is 0.306 e. The Balaban J connectivity index is 4.49. The van der Waals surface area contributed by atoms with E-state index in [0.29, 0.717) is 17.4 Å². The average molecular weight is 700 g/mol. The fraction of sp³-hybridized carbons (Fsp3) is 0.925. The second kappa shape index (κ2) is 33.4. The van der Waals surface area contributed by atoms with Crippen molar-refractivity contribution in [2.24, 2.45) is 0 Å². The van der Waals surface area contributed by atoms with Crippen LogP contribution < -0.4 is 5.11 Å². The van der Waals surface area contributed by atoms with Crippen molar-refractivity contribution in [3.05, 3.63) is 0 Å². The van der Waals surface area contributed by atoms with Gasteiger partial charge in [0.1, 0.15) is 13.2 Å². The van der Waals surface area contributed by atoms with E-state index in [1.165, 1.54) is 116 Å². The minimum atomic E-state index is -1.61. The quantitative estimate of drug-likeness (QED) is 0.0275. The van der Waals surface area contributed by atoms with Gasteiger partial charge in [0, 0.05) is 12.8 Å². The number of carboxylic acid groups (broad SMARTS) is 1. The summed E-state index contributed by atoms with van der Waals surface area (Å²) in [5, 5.41) is 11.6. The second-order valence-corrected chi connectivity index (χ2v) is 14.9. The predicted molar refractivity (Wildman–Crippen MR) is 196 cm³/mol. The molecule has 0 aromatic rings. The van der Waals surface area contributed by atoms with Gasteiger partial charge in [-0.15, -0.1) is 0 Å². The molecule has 0 amide bonds. The molecule has 49 heavy (non-hydrogen) atoms. The third-order valence-corrected chi connectivity index (χ3v) is 8.85. The third kappa shape index (κ3) is 34.5. The molecule has 0 heterocycles. The first kappa shape index (κ1) is 47.3. The normalized spacial score (nSPS) is 12.9. The van der Waals surface area contributed by atoms with Crippen molar-refractivity contribution in [2.45, 2.75) is 193 Å². The van der Waals surface area contributed by atoms with E-state index in [1.54, 1.807) is 0 Å². The highest BCUT2D eigenvalue weighted by molar-refractivity contribution is 5.70. The largest absolute Gasteiger partial charge is 0.545 e. The number of carboxylic acids is 1. The number of aliphatic carboxylic acids is 1. The van der Waals surface area contributed by atoms with Gasteiger partial charge in [0.05, 0.1) is 40.3 Å². The van der Waals surface area contributed by atoms with Gasteiger partial charge in [-0.25, -0.2) is 0 Å². The highest BCUT2D eigenvalue weighted by Crippen LogP contribution is 2.15. The van der Waals surface area contributed by atoms with Gasteiger partial charge in [-0.3, -0.25) is 9.59 Å². The predicted octanol–water partition coefficient (Wildman–Crippen LogP) is 8.44. The number of quaternary nitrogens is 1. The molecule has 0 fully saturated rings. The third-order valence-electron chi connectivity index (χ3n) is 8.85. The van der Waals surface area contributed by atoms with Crippen molar-refractivity contribution in [3.8, 4) is 0 Å². The van der Waals surface area contributed by atoms with Gasteiger partial charge in [-0.1, -0.05) is 155 Å². The van der Waals surface area contributed by atoms with Crippen LogP contribution in [-0.4, -0.2) is 82.3 Å². The van der Waals surface area contributed by atoms with Crippen molar-refractivity contribution < 1.29 is 42.9 Å². The van der Waals surface area contributed by atoms with Crippen LogP contribution in [-0.2, 0) is 33.3 Å². The maximum Gasteiger partial charge on any atom is 0.306 e. The Hall–Kier alpha value is -1.71. The van der Waals surface area contributed by atoms with E-state index in [9.17, 15) is 19.5 Å². The zero-order valence-corrected chi connectivity index (χ0v) is 32.6. The Labute approximate surface area is 301 Å². The van der Waals surface area contributed by atoms with E-state index in [0.717, 1.165) is 38.5 Å². The molecule has 0 rings (SSSR count). The van der Waals surface area contributed by atoms with Crippen LogP contribution >= 0.6 is 0 Å². The lowest BCUT2D eigenvalue weighted by atomic mass is 10.0. The first-order valence-corrected chi connectivity index (χ1v) is 20.2. The lowest BCUT2D eigenvalue weighted by Gasteiger charge is -2.26. The summed E-state index contributed by atoms with van der Waals surface area (Å²) in [7, 11) is 5.90. The van der Waals surface area contributed by atoms with Gasteiger partial charge >= 0.3 is 11.9 Å². The second-order valence-electron chi connectivity index (χ2n) is 14.9. The molecule has 0 radical (unpaired) electrons. The van der Waals surface area contributed by atoms with Gasteiger partial charge in [0.15, 0.2) is 12.4 Å². The van der Waals surface area contributed by atoms with Gasteiger partial charge in [0.25, 0.3) is 0 Å². The summed E-state index contributed by atoms with van der Waals surface area (Å²) in [5.74, 6) is -2.27. The molecular formula is C40H77NO8. The van der Waals surface area contributed by atoms with Crippen molar-refractivity contribution in [2.75, 3.05) is 47.5 Å². The molecule has 0 aromatic carbocycles. The van der Waals surface area contributed by atoms with Crippen LogP contribution in [0.2, 0.25) is 0 Å². The summed E-state index contributed by atoms with van der Waals surface area (Å²) in [6.07, 6.45) is 27.0. The molecule has 2 atom stereocenters. The van der Waals surface area contributed by atoms with Crippen molar-refractivity contribution in [1.82, 2.24) is 0 Å². The van der Waals surface area contributed by atoms with Crippen LogP contribution in [0.25, 0.3) is 0 Å². The molecule has 9 heteroatoms. The summed E-state index contributed by atoms with van der Waals surface area (Å²) in [6.45, 7) is 4.73. The number of ether oxygens (including phenoxy) is 4. The topological polar surface area (TPSA) is 111 Å². The first-order chi connectivity index (χ1) is 23.6. The summed E-state index contributed by atoms with van der Waals surface area (Å²) in [5.41, 5.74) is 0. The highest BCUT2D eigenvalue weighted by Gasteiger charge is 2.21. The fourth-order valence-corrected chi connectivity index (χ4v) is 5.65. The Bertz CT molecular complexity index is 785. The number of likely N-dealkylation sites (N-methyl/N-ethyl adjacent to an activating group) is 1. The van der Waals surface area contributed by atoms with Crippen LogP contribution in [0.3, 0.4) is 0 Å². The number of hydrogen-bond acceptors (Lipinski definition) is 8. The summed E-state index contributed by atoms with van der Waals surface area (Å²) in [4.78, 5) is 36.7. The van der Waals surface area contributed by atoms with Crippen molar-refractivity contribution >= 4 is 17.9 Å². The molecule has 2 unspecified atom stereocenters. The maximum absolute atomic E-state index is 12.7. The van der Waals surface area contributed by atoms with E-state index >= 15 is 0 Å². The minimum Gasteiger partial charge on any atom is -0.545 e. The molecule has 0 saturated carbocycles. The summed E-state index contributed by atoms with van der Waals surface area (Å²) < 4.78 is 22.5. The monoisotopic (exact) mass is 700 g/mol. The van der Waals surface area contributed by atoms with Gasteiger partial charge in [0.2, 0.25) is 0 Å². The number of rotatable bonds is 37. The fourth-order valence-electron chi connectivity index (χ4n) is 5.65. The molecule has 0 aliphatic rings. The first-order valence-electron chi connectivity index (χ1n) is 20.2. The van der Waals surface area contributed by atoms with Gasteiger partial charge in [-0.2, -0.15) is 0 Å². The summed E-state index contributed by atoms with van der Waals surface area (Å²) in [6, 6.07) is 0.